The van der Waals surface area contributed by atoms with Crippen molar-refractivity contribution in [1.29, 1.82) is 0 Å². The Morgan fingerprint density at radius 2 is 2.05 bits per heavy atom. The van der Waals surface area contributed by atoms with Crippen LogP contribution in [0.25, 0.3) is 0 Å². The summed E-state index contributed by atoms with van der Waals surface area (Å²) < 4.78 is 33.6. The number of nitrogens with zero attached hydrogens (tertiary/aromatic N) is 1. The van der Waals surface area contributed by atoms with Crippen LogP contribution >= 0.6 is 15.9 Å². The molecule has 1 heterocycles. The molecule has 0 aliphatic carbocycles. The highest BCUT2D eigenvalue weighted by Gasteiger charge is 2.37. The molecule has 1 aliphatic heterocycles. The second-order valence-electron chi connectivity index (χ2n) is 5.61. The van der Waals surface area contributed by atoms with Gasteiger partial charge in [0.05, 0.1) is 18.3 Å². The summed E-state index contributed by atoms with van der Waals surface area (Å²) >= 11 is 2.97. The number of carbonyl (C=O) groups is 1. The zero-order valence-electron chi connectivity index (χ0n) is 11.7. The zero-order valence-corrected chi connectivity index (χ0v) is 13.3. The fourth-order valence-corrected chi connectivity index (χ4v) is 2.85. The van der Waals surface area contributed by atoms with Crippen LogP contribution in [0.1, 0.15) is 24.2 Å². The summed E-state index contributed by atoms with van der Waals surface area (Å²) in [5.74, 6) is -2.58. The lowest BCUT2D eigenvalue weighted by atomic mass is 10.0. The van der Waals surface area contributed by atoms with Gasteiger partial charge in [-0.2, -0.15) is 0 Å². The third-order valence-electron chi connectivity index (χ3n) is 3.19. The van der Waals surface area contributed by atoms with Crippen LogP contribution in [0.4, 0.5) is 8.78 Å². The number of aliphatic hydroxyl groups excluding tert-OH is 1. The maximum absolute atomic E-state index is 13.9. The molecule has 116 valence electrons. The highest BCUT2D eigenvalue weighted by molar-refractivity contribution is 9.10. The molecule has 1 amide bonds. The summed E-state index contributed by atoms with van der Waals surface area (Å²) in [5, 5.41) is 9.22. The molecule has 1 atom stereocenters. The fraction of sp³-hybridized carbons (Fsp3) is 0.500. The number of halogens is 3. The molecular weight excluding hydrogens is 348 g/mol. The Hall–Kier alpha value is -1.05. The molecular formula is C14H16BrF2NO3. The summed E-state index contributed by atoms with van der Waals surface area (Å²) in [5.41, 5.74) is -1.28. The largest absolute Gasteiger partial charge is 0.394 e. The first-order valence-electron chi connectivity index (χ1n) is 6.46. The molecule has 1 N–H and O–H groups in total. The fourth-order valence-electron chi connectivity index (χ4n) is 2.45. The van der Waals surface area contributed by atoms with Gasteiger partial charge in [-0.3, -0.25) is 4.79 Å². The molecule has 1 saturated heterocycles. The first-order chi connectivity index (χ1) is 9.73. The van der Waals surface area contributed by atoms with Crippen LogP contribution in [0.5, 0.6) is 0 Å². The van der Waals surface area contributed by atoms with Gasteiger partial charge in [0, 0.05) is 17.6 Å². The van der Waals surface area contributed by atoms with Gasteiger partial charge in [0.2, 0.25) is 0 Å². The lowest BCUT2D eigenvalue weighted by Crippen LogP contribution is -2.55. The maximum atomic E-state index is 13.9. The maximum Gasteiger partial charge on any atom is 0.260 e. The molecule has 21 heavy (non-hydrogen) atoms. The molecule has 7 heteroatoms. The molecule has 2 rings (SSSR count). The van der Waals surface area contributed by atoms with Crippen LogP contribution in [-0.4, -0.2) is 47.3 Å². The molecule has 1 aromatic rings. The Bertz CT molecular complexity index is 542. The molecule has 4 nitrogen and oxygen atoms in total. The Labute approximate surface area is 129 Å². The van der Waals surface area contributed by atoms with Crippen molar-refractivity contribution in [2.24, 2.45) is 0 Å². The lowest BCUT2D eigenvalue weighted by Gasteiger charge is -2.42. The first-order valence-corrected chi connectivity index (χ1v) is 7.25. The minimum Gasteiger partial charge on any atom is -0.394 e. The number of hydrogen-bond donors (Lipinski definition) is 1. The van der Waals surface area contributed by atoms with Gasteiger partial charge in [0.25, 0.3) is 5.91 Å². The lowest BCUT2D eigenvalue weighted by molar-refractivity contribution is -0.139. The van der Waals surface area contributed by atoms with E-state index in [9.17, 15) is 18.7 Å². The summed E-state index contributed by atoms with van der Waals surface area (Å²) in [4.78, 5) is 13.7. The van der Waals surface area contributed by atoms with E-state index in [1.165, 1.54) is 4.90 Å². The SMILES string of the molecule is CC1(C)CN(C(=O)c2c(F)cc(Br)cc2F)CC(CO)O1. The summed E-state index contributed by atoms with van der Waals surface area (Å²) in [7, 11) is 0. The molecule has 0 radical (unpaired) electrons. The summed E-state index contributed by atoms with van der Waals surface area (Å²) in [6.07, 6.45) is -0.570. The third-order valence-corrected chi connectivity index (χ3v) is 3.65. The summed E-state index contributed by atoms with van der Waals surface area (Å²) in [6.45, 7) is 3.52. The average Bonchev–Trinajstić information content (AvgIpc) is 2.35. The van der Waals surface area contributed by atoms with E-state index in [4.69, 9.17) is 4.74 Å². The van der Waals surface area contributed by atoms with Gasteiger partial charge < -0.3 is 14.7 Å². The number of morpholine rings is 1. The zero-order chi connectivity index (χ0) is 15.8. The van der Waals surface area contributed by atoms with E-state index in [1.54, 1.807) is 13.8 Å². The Balaban J connectivity index is 2.31. The van der Waals surface area contributed by atoms with E-state index in [-0.39, 0.29) is 24.2 Å². The van der Waals surface area contributed by atoms with Crippen molar-refractivity contribution < 1.29 is 23.4 Å². The van der Waals surface area contributed by atoms with Crippen molar-refractivity contribution in [2.45, 2.75) is 25.6 Å². The molecule has 1 aromatic carbocycles. The van der Waals surface area contributed by atoms with Gasteiger partial charge >= 0.3 is 0 Å². The van der Waals surface area contributed by atoms with Gasteiger partial charge in [-0.05, 0) is 26.0 Å². The minimum absolute atomic E-state index is 0.0910. The second kappa shape index (κ2) is 5.98. The van der Waals surface area contributed by atoms with Crippen molar-refractivity contribution >= 4 is 21.8 Å². The molecule has 0 saturated carbocycles. The standard InChI is InChI=1S/C14H16BrF2NO3/c1-14(2)7-18(5-9(6-19)21-14)13(20)12-10(16)3-8(15)4-11(12)17/h3-4,9,19H,5-7H2,1-2H3. The van der Waals surface area contributed by atoms with Gasteiger partial charge in [-0.15, -0.1) is 0 Å². The van der Waals surface area contributed by atoms with E-state index >= 15 is 0 Å². The predicted octanol–water partition coefficient (Wildman–Crippen LogP) is 2.34. The first kappa shape index (κ1) is 16.3. The van der Waals surface area contributed by atoms with Gasteiger partial charge in [0.15, 0.2) is 0 Å². The van der Waals surface area contributed by atoms with E-state index in [2.05, 4.69) is 15.9 Å². The number of aliphatic hydroxyl groups is 1. The number of ether oxygens (including phenoxy) is 1. The van der Waals surface area contributed by atoms with Gasteiger partial charge in [0.1, 0.15) is 17.2 Å². The van der Waals surface area contributed by atoms with Crippen LogP contribution in [-0.2, 0) is 4.74 Å². The van der Waals surface area contributed by atoms with Gasteiger partial charge in [-0.1, -0.05) is 15.9 Å². The van der Waals surface area contributed by atoms with Crippen molar-refractivity contribution in [2.75, 3.05) is 19.7 Å². The van der Waals surface area contributed by atoms with Crippen LogP contribution in [0.2, 0.25) is 0 Å². The highest BCUT2D eigenvalue weighted by atomic mass is 79.9. The average molecular weight is 364 g/mol. The van der Waals surface area contributed by atoms with E-state index < -0.39 is 34.8 Å². The summed E-state index contributed by atoms with van der Waals surface area (Å²) in [6, 6.07) is 2.09. The number of rotatable bonds is 2. The number of benzene rings is 1. The molecule has 1 fully saturated rings. The highest BCUT2D eigenvalue weighted by Crippen LogP contribution is 2.25. The molecule has 1 unspecified atom stereocenters. The predicted molar refractivity (Wildman–Crippen MR) is 76.0 cm³/mol. The monoisotopic (exact) mass is 363 g/mol. The van der Waals surface area contributed by atoms with Gasteiger partial charge in [-0.25, -0.2) is 8.78 Å². The number of hydrogen-bond acceptors (Lipinski definition) is 3. The third kappa shape index (κ3) is 3.59. The smallest absolute Gasteiger partial charge is 0.260 e. The normalized spacial score (nSPS) is 21.4. The number of carbonyl (C=O) groups excluding carboxylic acids is 1. The van der Waals surface area contributed by atoms with Crippen LogP contribution in [0.15, 0.2) is 16.6 Å². The quantitative estimate of drug-likeness (QED) is 0.877. The minimum atomic E-state index is -0.920. The van der Waals surface area contributed by atoms with Crippen molar-refractivity contribution in [3.05, 3.63) is 33.8 Å². The second-order valence-corrected chi connectivity index (χ2v) is 6.53. The van der Waals surface area contributed by atoms with E-state index in [0.717, 1.165) is 12.1 Å². The Kier molecular flexibility index (Phi) is 4.65. The van der Waals surface area contributed by atoms with E-state index in [0.29, 0.717) is 0 Å². The topological polar surface area (TPSA) is 49.8 Å². The Morgan fingerprint density at radius 3 is 2.57 bits per heavy atom. The Morgan fingerprint density at radius 1 is 1.48 bits per heavy atom. The van der Waals surface area contributed by atoms with Crippen molar-refractivity contribution in [3.8, 4) is 0 Å². The molecule has 0 aromatic heterocycles. The van der Waals surface area contributed by atoms with Crippen LogP contribution in [0, 0.1) is 11.6 Å². The number of amides is 1. The van der Waals surface area contributed by atoms with Crippen LogP contribution in [0.3, 0.4) is 0 Å². The molecule has 0 spiro atoms. The van der Waals surface area contributed by atoms with Crippen molar-refractivity contribution in [1.82, 2.24) is 4.90 Å². The van der Waals surface area contributed by atoms with E-state index in [1.807, 2.05) is 0 Å². The molecule has 0 bridgehead atoms. The van der Waals surface area contributed by atoms with Crippen LogP contribution < -0.4 is 0 Å². The molecule has 1 aliphatic rings. The van der Waals surface area contributed by atoms with Crippen molar-refractivity contribution in [3.63, 3.8) is 0 Å².